The molecule has 0 aromatic carbocycles. The number of alkyl halides is 1. The number of halogens is 1. The van der Waals surface area contributed by atoms with Crippen LogP contribution in [0.3, 0.4) is 0 Å². The highest BCUT2D eigenvalue weighted by atomic mass is 35.5. The number of aromatic amines is 1. The highest BCUT2D eigenvalue weighted by Gasteiger charge is 2.26. The zero-order chi connectivity index (χ0) is 17.7. The molecule has 1 N–H and O–H groups in total. The molecule has 0 saturated heterocycles. The Morgan fingerprint density at radius 1 is 1.26 bits per heavy atom. The summed E-state index contributed by atoms with van der Waals surface area (Å²) in [5, 5.41) is -0.689. The summed E-state index contributed by atoms with van der Waals surface area (Å²) < 4.78 is 4.97. The predicted octanol–water partition coefficient (Wildman–Crippen LogP) is 2.47. The number of aryl methyl sites for hydroxylation is 1. The number of amides is 1. The Kier molecular flexibility index (Phi) is 6.81. The number of carbonyl (C=O) groups excluding carboxylic acids is 3. The fraction of sp³-hybridized carbons (Fsp3) is 0.562. The number of ether oxygens (including phenoxy) is 1. The van der Waals surface area contributed by atoms with E-state index >= 15 is 0 Å². The van der Waals surface area contributed by atoms with Crippen molar-refractivity contribution >= 4 is 29.3 Å². The van der Waals surface area contributed by atoms with Crippen LogP contribution >= 0.6 is 11.6 Å². The van der Waals surface area contributed by atoms with Gasteiger partial charge in [0.15, 0.2) is 5.78 Å². The van der Waals surface area contributed by atoms with Crippen LogP contribution in [0.25, 0.3) is 0 Å². The third-order valence-electron chi connectivity index (χ3n) is 3.56. The number of nitrogens with zero attached hydrogens (tertiary/aromatic N) is 1. The van der Waals surface area contributed by atoms with Crippen molar-refractivity contribution in [3.63, 3.8) is 0 Å². The third-order valence-corrected chi connectivity index (χ3v) is 3.75. The van der Waals surface area contributed by atoms with Gasteiger partial charge in [-0.05, 0) is 40.2 Å². The number of esters is 1. The Balaban J connectivity index is 3.05. The van der Waals surface area contributed by atoms with Gasteiger partial charge in [0.25, 0.3) is 0 Å². The van der Waals surface area contributed by atoms with Gasteiger partial charge in [-0.15, -0.1) is 11.6 Å². The first kappa shape index (κ1) is 19.2. The van der Waals surface area contributed by atoms with E-state index in [9.17, 15) is 14.4 Å². The average Bonchev–Trinajstić information content (AvgIpc) is 2.79. The van der Waals surface area contributed by atoms with Gasteiger partial charge < -0.3 is 14.6 Å². The maximum atomic E-state index is 12.6. The maximum Gasteiger partial charge on any atom is 0.355 e. The fourth-order valence-corrected chi connectivity index (χ4v) is 2.56. The van der Waals surface area contributed by atoms with Gasteiger partial charge >= 0.3 is 5.97 Å². The monoisotopic (exact) mass is 342 g/mol. The number of hydrogen-bond acceptors (Lipinski definition) is 4. The second-order valence-electron chi connectivity index (χ2n) is 5.24. The van der Waals surface area contributed by atoms with Crippen LogP contribution in [-0.4, -0.2) is 52.6 Å². The third kappa shape index (κ3) is 4.34. The molecule has 1 atom stereocenters. The minimum absolute atomic E-state index is 0.0752. The van der Waals surface area contributed by atoms with Gasteiger partial charge in [0.1, 0.15) is 11.1 Å². The fourth-order valence-electron chi connectivity index (χ4n) is 2.43. The number of carbonyl (C=O) groups is 3. The smallest absolute Gasteiger partial charge is 0.355 e. The van der Waals surface area contributed by atoms with E-state index in [2.05, 4.69) is 4.98 Å². The number of likely N-dealkylation sites (N-methyl/N-ethyl adjacent to an activating group) is 1. The lowest BCUT2D eigenvalue weighted by Gasteiger charge is -2.21. The normalized spacial score (nSPS) is 11.9. The first-order valence-electron chi connectivity index (χ1n) is 7.56. The number of hydrogen-bond donors (Lipinski definition) is 1. The molecule has 0 unspecified atom stereocenters. The molecule has 0 aliphatic heterocycles. The molecule has 0 bridgehead atoms. The molecule has 0 aliphatic carbocycles. The minimum Gasteiger partial charge on any atom is -0.461 e. The van der Waals surface area contributed by atoms with Crippen LogP contribution in [0.1, 0.15) is 52.9 Å². The van der Waals surface area contributed by atoms with Gasteiger partial charge in [-0.1, -0.05) is 0 Å². The topological polar surface area (TPSA) is 79.5 Å². The quantitative estimate of drug-likeness (QED) is 0.469. The van der Waals surface area contributed by atoms with Gasteiger partial charge in [0.05, 0.1) is 13.2 Å². The van der Waals surface area contributed by atoms with E-state index < -0.39 is 11.3 Å². The van der Waals surface area contributed by atoms with E-state index in [4.69, 9.17) is 16.3 Å². The summed E-state index contributed by atoms with van der Waals surface area (Å²) in [6, 6.07) is 0. The molecule has 0 fully saturated rings. The lowest BCUT2D eigenvalue weighted by atomic mass is 10.1. The molecule has 1 aromatic rings. The summed E-state index contributed by atoms with van der Waals surface area (Å²) in [6.07, 6.45) is 0. The summed E-state index contributed by atoms with van der Waals surface area (Å²) in [7, 11) is 0. The second kappa shape index (κ2) is 8.15. The summed E-state index contributed by atoms with van der Waals surface area (Å²) in [5.74, 6) is -1.02. The molecular weight excluding hydrogens is 320 g/mol. The Bertz CT molecular complexity index is 607. The highest BCUT2D eigenvalue weighted by molar-refractivity contribution is 6.30. The summed E-state index contributed by atoms with van der Waals surface area (Å²) in [5.41, 5.74) is 1.81. The minimum atomic E-state index is -0.689. The van der Waals surface area contributed by atoms with Crippen LogP contribution in [0, 0.1) is 13.8 Å². The van der Waals surface area contributed by atoms with Crippen LogP contribution in [0.5, 0.6) is 0 Å². The molecule has 0 radical (unpaired) electrons. The Hall–Kier alpha value is -1.82. The van der Waals surface area contributed by atoms with Crippen LogP contribution in [0.2, 0.25) is 0 Å². The molecule has 0 aliphatic rings. The molecule has 0 saturated carbocycles. The highest BCUT2D eigenvalue weighted by Crippen LogP contribution is 2.20. The first-order valence-corrected chi connectivity index (χ1v) is 8.00. The van der Waals surface area contributed by atoms with E-state index in [-0.39, 0.29) is 30.5 Å². The molecule has 1 rings (SSSR count). The zero-order valence-electron chi connectivity index (χ0n) is 14.2. The first-order chi connectivity index (χ1) is 10.7. The molecule has 128 valence electrons. The van der Waals surface area contributed by atoms with Gasteiger partial charge in [0.2, 0.25) is 5.91 Å². The number of H-pyrrole nitrogens is 1. The van der Waals surface area contributed by atoms with Crippen LogP contribution in [0.4, 0.5) is 0 Å². The summed E-state index contributed by atoms with van der Waals surface area (Å²) in [6.45, 7) is 9.03. The number of rotatable bonds is 7. The average molecular weight is 343 g/mol. The number of ketones is 1. The van der Waals surface area contributed by atoms with E-state index in [1.54, 1.807) is 34.6 Å². The van der Waals surface area contributed by atoms with Crippen molar-refractivity contribution in [3.05, 3.63) is 22.5 Å². The summed E-state index contributed by atoms with van der Waals surface area (Å²) >= 11 is 5.80. The van der Waals surface area contributed by atoms with Crippen LogP contribution in [0.15, 0.2) is 0 Å². The van der Waals surface area contributed by atoms with E-state index in [0.717, 1.165) is 0 Å². The largest absolute Gasteiger partial charge is 0.461 e. The van der Waals surface area contributed by atoms with Gasteiger partial charge in [-0.2, -0.15) is 0 Å². The van der Waals surface area contributed by atoms with E-state index in [1.165, 1.54) is 4.90 Å². The van der Waals surface area contributed by atoms with Gasteiger partial charge in [0, 0.05) is 17.8 Å². The zero-order valence-corrected chi connectivity index (χ0v) is 14.9. The van der Waals surface area contributed by atoms with Crippen molar-refractivity contribution in [2.24, 2.45) is 0 Å². The SMILES string of the molecule is CCOC(=O)c1[nH]c(C)c(C(=O)CN(CC)C(=O)[C@@H](C)Cl)c1C. The molecule has 6 nitrogen and oxygen atoms in total. The summed E-state index contributed by atoms with van der Waals surface area (Å²) in [4.78, 5) is 40.7. The lowest BCUT2D eigenvalue weighted by molar-refractivity contribution is -0.129. The Labute approximate surface area is 141 Å². The number of Topliss-reactive ketones (excluding diaryl/α,β-unsaturated/α-hetero) is 1. The van der Waals surface area contributed by atoms with Crippen molar-refractivity contribution in [3.8, 4) is 0 Å². The van der Waals surface area contributed by atoms with Crippen molar-refractivity contribution in [2.45, 2.75) is 40.0 Å². The van der Waals surface area contributed by atoms with E-state index in [1.807, 2.05) is 0 Å². The van der Waals surface area contributed by atoms with Crippen molar-refractivity contribution in [1.82, 2.24) is 9.88 Å². The molecular formula is C16H23ClN2O4. The van der Waals surface area contributed by atoms with Gasteiger partial charge in [-0.25, -0.2) is 4.79 Å². The van der Waals surface area contributed by atoms with Crippen LogP contribution < -0.4 is 0 Å². The standard InChI is InChI=1S/C16H23ClN2O4/c1-6-19(15(21)10(4)17)8-12(20)13-9(3)14(18-11(13)5)16(22)23-7-2/h10,18H,6-8H2,1-5H3/t10-/m1/s1. The van der Waals surface area contributed by atoms with Crippen molar-refractivity contribution < 1.29 is 19.1 Å². The Morgan fingerprint density at radius 3 is 2.35 bits per heavy atom. The van der Waals surface area contributed by atoms with Crippen molar-refractivity contribution in [1.29, 1.82) is 0 Å². The molecule has 1 aromatic heterocycles. The number of nitrogens with one attached hydrogen (secondary N) is 1. The van der Waals surface area contributed by atoms with Crippen molar-refractivity contribution in [2.75, 3.05) is 19.7 Å². The van der Waals surface area contributed by atoms with E-state index in [0.29, 0.717) is 23.4 Å². The number of aromatic nitrogens is 1. The predicted molar refractivity (Wildman–Crippen MR) is 88.1 cm³/mol. The molecule has 7 heteroatoms. The molecule has 1 heterocycles. The molecule has 23 heavy (non-hydrogen) atoms. The molecule has 1 amide bonds. The molecule has 0 spiro atoms. The van der Waals surface area contributed by atoms with Gasteiger partial charge in [-0.3, -0.25) is 9.59 Å². The maximum absolute atomic E-state index is 12.6. The lowest BCUT2D eigenvalue weighted by Crippen LogP contribution is -2.39. The second-order valence-corrected chi connectivity index (χ2v) is 5.89. The van der Waals surface area contributed by atoms with Crippen LogP contribution in [-0.2, 0) is 9.53 Å². The Morgan fingerprint density at radius 2 is 1.87 bits per heavy atom.